The molecule has 1 N–H and O–H groups in total. The normalized spacial score (nSPS) is 15.8. The van der Waals surface area contributed by atoms with Crippen molar-refractivity contribution in [3.05, 3.63) is 89.8 Å². The third kappa shape index (κ3) is 5.41. The van der Waals surface area contributed by atoms with E-state index in [4.69, 9.17) is 4.98 Å². The van der Waals surface area contributed by atoms with Gasteiger partial charge in [-0.15, -0.1) is 0 Å². The Hall–Kier alpha value is -3.56. The summed E-state index contributed by atoms with van der Waals surface area (Å²) < 4.78 is 40.5. The van der Waals surface area contributed by atoms with Gasteiger partial charge in [0.15, 0.2) is 0 Å². The van der Waals surface area contributed by atoms with E-state index in [0.717, 1.165) is 44.6 Å². The summed E-state index contributed by atoms with van der Waals surface area (Å²) in [5, 5.41) is 2.85. The van der Waals surface area contributed by atoms with Crippen LogP contribution in [0.5, 0.6) is 0 Å². The molecule has 3 aromatic rings. The Balaban J connectivity index is 1.53. The quantitative estimate of drug-likeness (QED) is 0.509. The summed E-state index contributed by atoms with van der Waals surface area (Å²) in [4.78, 5) is 19.6. The van der Waals surface area contributed by atoms with Gasteiger partial charge in [0.1, 0.15) is 17.7 Å². The van der Waals surface area contributed by atoms with Gasteiger partial charge in [-0.1, -0.05) is 42.0 Å². The number of pyridine rings is 1. The summed E-state index contributed by atoms with van der Waals surface area (Å²) in [6.07, 6.45) is 3.20. The molecule has 9 heteroatoms. The molecule has 35 heavy (non-hydrogen) atoms. The van der Waals surface area contributed by atoms with Gasteiger partial charge in [-0.3, -0.25) is 4.79 Å². The summed E-state index contributed by atoms with van der Waals surface area (Å²) in [7, 11) is -0.182. The number of rotatable bonds is 7. The maximum Gasteiger partial charge on any atom is 0.244 e. The minimum absolute atomic E-state index is 0.0621. The molecule has 0 bridgehead atoms. The molecule has 1 amide bonds. The molecular weight excluding hydrogens is 467 g/mol. The summed E-state index contributed by atoms with van der Waals surface area (Å²) in [5.74, 6) is -0.227. The largest absolute Gasteiger partial charge is 0.363 e. The fourth-order valence-corrected chi connectivity index (χ4v) is 5.28. The van der Waals surface area contributed by atoms with Crippen LogP contribution < -0.4 is 10.2 Å². The number of nitrogens with zero attached hydrogens (tertiary/aromatic N) is 3. The number of benzene rings is 2. The third-order valence-electron chi connectivity index (χ3n) is 5.75. The highest BCUT2D eigenvalue weighted by Crippen LogP contribution is 2.25. The number of amides is 1. The Morgan fingerprint density at radius 2 is 1.80 bits per heavy atom. The zero-order valence-electron chi connectivity index (χ0n) is 19.8. The van der Waals surface area contributed by atoms with Gasteiger partial charge in [0.25, 0.3) is 0 Å². The molecule has 4 rings (SSSR count). The number of aromatic nitrogens is 1. The number of carbonyl (C=O) groups excluding carboxylic acids is 1. The smallest absolute Gasteiger partial charge is 0.244 e. The maximum absolute atomic E-state index is 13.3. The van der Waals surface area contributed by atoms with Crippen LogP contribution in [0, 0.1) is 12.7 Å². The van der Waals surface area contributed by atoms with E-state index >= 15 is 0 Å². The van der Waals surface area contributed by atoms with E-state index in [2.05, 4.69) is 5.32 Å². The molecule has 0 radical (unpaired) electrons. The first-order chi connectivity index (χ1) is 16.6. The molecule has 7 nitrogen and oxygen atoms in total. The number of hydrogen-bond donors (Lipinski definition) is 1. The minimum Gasteiger partial charge on any atom is -0.363 e. The fraction of sp³-hybridized carbons (Fsp3) is 0.231. The van der Waals surface area contributed by atoms with E-state index in [0.29, 0.717) is 0 Å². The second-order valence-electron chi connectivity index (χ2n) is 8.60. The van der Waals surface area contributed by atoms with Crippen LogP contribution in [0.3, 0.4) is 0 Å². The SMILES string of the molecule is Cc1ccc(-c2cc(CNC(=O)[C@@H]3C=CCN3S(=O)(=O)c3ccc(F)cc3)cc(N(C)C)n2)cc1. The summed E-state index contributed by atoms with van der Waals surface area (Å²) in [6, 6.07) is 15.4. The van der Waals surface area contributed by atoms with Gasteiger partial charge < -0.3 is 10.2 Å². The Morgan fingerprint density at radius 1 is 1.11 bits per heavy atom. The number of sulfonamides is 1. The van der Waals surface area contributed by atoms with Gasteiger partial charge in [0.05, 0.1) is 10.6 Å². The zero-order chi connectivity index (χ0) is 25.2. The van der Waals surface area contributed by atoms with E-state index in [-0.39, 0.29) is 18.0 Å². The van der Waals surface area contributed by atoms with Crippen LogP contribution >= 0.6 is 0 Å². The molecule has 0 saturated heterocycles. The van der Waals surface area contributed by atoms with Crippen LogP contribution in [-0.2, 0) is 21.4 Å². The molecule has 2 aromatic carbocycles. The second-order valence-corrected chi connectivity index (χ2v) is 10.5. The molecule has 1 aliphatic rings. The number of anilines is 1. The molecule has 0 spiro atoms. The van der Waals surface area contributed by atoms with Crippen molar-refractivity contribution in [1.82, 2.24) is 14.6 Å². The third-order valence-corrected chi connectivity index (χ3v) is 7.61. The lowest BCUT2D eigenvalue weighted by molar-refractivity contribution is -0.123. The second kappa shape index (κ2) is 9.97. The first kappa shape index (κ1) is 24.6. The van der Waals surface area contributed by atoms with Crippen molar-refractivity contribution in [3.8, 4) is 11.3 Å². The van der Waals surface area contributed by atoms with Crippen molar-refractivity contribution in [2.75, 3.05) is 25.5 Å². The Labute approximate surface area is 205 Å². The van der Waals surface area contributed by atoms with Crippen LogP contribution in [0.2, 0.25) is 0 Å². The number of carbonyl (C=O) groups is 1. The average Bonchev–Trinajstić information content (AvgIpc) is 3.34. The predicted molar refractivity (Wildman–Crippen MR) is 134 cm³/mol. The van der Waals surface area contributed by atoms with Crippen molar-refractivity contribution in [1.29, 1.82) is 0 Å². The van der Waals surface area contributed by atoms with Crippen molar-refractivity contribution in [2.45, 2.75) is 24.4 Å². The molecule has 2 heterocycles. The van der Waals surface area contributed by atoms with Crippen LogP contribution in [0.25, 0.3) is 11.3 Å². The molecule has 0 aliphatic carbocycles. The number of aryl methyl sites for hydroxylation is 1. The lowest BCUT2D eigenvalue weighted by Crippen LogP contribution is -2.45. The highest BCUT2D eigenvalue weighted by atomic mass is 32.2. The van der Waals surface area contributed by atoms with Crippen LogP contribution in [0.1, 0.15) is 11.1 Å². The first-order valence-electron chi connectivity index (χ1n) is 11.1. The van der Waals surface area contributed by atoms with Crippen molar-refractivity contribution < 1.29 is 17.6 Å². The van der Waals surface area contributed by atoms with E-state index in [1.807, 2.05) is 62.3 Å². The highest BCUT2D eigenvalue weighted by Gasteiger charge is 2.36. The maximum atomic E-state index is 13.3. The molecule has 1 aliphatic heterocycles. The topological polar surface area (TPSA) is 82.6 Å². The van der Waals surface area contributed by atoms with Crippen molar-refractivity contribution in [2.24, 2.45) is 0 Å². The van der Waals surface area contributed by atoms with Gasteiger partial charge in [0.2, 0.25) is 15.9 Å². The van der Waals surface area contributed by atoms with Crippen LogP contribution in [0.4, 0.5) is 10.2 Å². The van der Waals surface area contributed by atoms with E-state index in [9.17, 15) is 17.6 Å². The van der Waals surface area contributed by atoms with Gasteiger partial charge in [0, 0.05) is 32.7 Å². The monoisotopic (exact) mass is 494 g/mol. The summed E-state index contributed by atoms with van der Waals surface area (Å²) in [6.45, 7) is 2.29. The van der Waals surface area contributed by atoms with Crippen molar-refractivity contribution in [3.63, 3.8) is 0 Å². The molecule has 1 aromatic heterocycles. The Bertz CT molecular complexity index is 1350. The predicted octanol–water partition coefficient (Wildman–Crippen LogP) is 3.51. The van der Waals surface area contributed by atoms with E-state index < -0.39 is 27.8 Å². The van der Waals surface area contributed by atoms with Crippen molar-refractivity contribution >= 4 is 21.7 Å². The van der Waals surface area contributed by atoms with Crippen LogP contribution in [0.15, 0.2) is 77.7 Å². The standard InChI is InChI=1S/C26H27FN4O3S/c1-18-6-8-20(9-7-18)23-15-19(16-25(29-23)30(2)3)17-28-26(32)24-5-4-14-31(24)35(33,34)22-12-10-21(27)11-13-22/h4-13,15-16,24H,14,17H2,1-3H3,(H,28,32)/t24-/m0/s1. The minimum atomic E-state index is -3.97. The fourth-order valence-electron chi connectivity index (χ4n) is 3.78. The average molecular weight is 495 g/mol. The molecule has 0 saturated carbocycles. The molecule has 182 valence electrons. The number of nitrogens with one attached hydrogen (secondary N) is 1. The van der Waals surface area contributed by atoms with Gasteiger partial charge in [-0.2, -0.15) is 4.31 Å². The summed E-state index contributed by atoms with van der Waals surface area (Å²) >= 11 is 0. The van der Waals surface area contributed by atoms with Gasteiger partial charge >= 0.3 is 0 Å². The van der Waals surface area contributed by atoms with Crippen LogP contribution in [-0.4, -0.2) is 50.3 Å². The van der Waals surface area contributed by atoms with Gasteiger partial charge in [-0.05, 0) is 48.9 Å². The van der Waals surface area contributed by atoms with Gasteiger partial charge in [-0.25, -0.2) is 17.8 Å². The Kier molecular flexibility index (Phi) is 7.00. The summed E-state index contributed by atoms with van der Waals surface area (Å²) in [5.41, 5.74) is 3.72. The zero-order valence-corrected chi connectivity index (χ0v) is 20.6. The molecular formula is C26H27FN4O3S. The molecule has 0 fully saturated rings. The first-order valence-corrected chi connectivity index (χ1v) is 12.6. The molecule has 1 atom stereocenters. The highest BCUT2D eigenvalue weighted by molar-refractivity contribution is 7.89. The van der Waals surface area contributed by atoms with E-state index in [1.165, 1.54) is 12.1 Å². The number of halogens is 1. The lowest BCUT2D eigenvalue weighted by Gasteiger charge is -2.23. The molecule has 0 unspecified atom stereocenters. The lowest BCUT2D eigenvalue weighted by atomic mass is 10.1. The number of hydrogen-bond acceptors (Lipinski definition) is 5. The van der Waals surface area contributed by atoms with E-state index in [1.54, 1.807) is 12.2 Å². The Morgan fingerprint density at radius 3 is 2.46 bits per heavy atom.